The van der Waals surface area contributed by atoms with E-state index in [0.29, 0.717) is 42.3 Å². The van der Waals surface area contributed by atoms with Crippen LogP contribution in [0.15, 0.2) is 18.2 Å². The maximum absolute atomic E-state index is 14.6. The Kier molecular flexibility index (Phi) is 3.86. The summed E-state index contributed by atoms with van der Waals surface area (Å²) >= 11 is 0. The molecule has 2 saturated heterocycles. The van der Waals surface area contributed by atoms with Gasteiger partial charge in [0, 0.05) is 36.7 Å². The van der Waals surface area contributed by atoms with Crippen molar-refractivity contribution in [1.29, 1.82) is 0 Å². The quantitative estimate of drug-likeness (QED) is 0.738. The summed E-state index contributed by atoms with van der Waals surface area (Å²) in [6, 6.07) is 5.15. The smallest absolute Gasteiger partial charge is 0.318 e. The number of β-amino-alcohol motifs (C(OH)–C–C–N with tert-alkyl or cyclic N) is 1. The zero-order chi connectivity index (χ0) is 22.4. The Hall–Kier alpha value is -3.01. The minimum Gasteiger partial charge on any atom is -0.490 e. The Morgan fingerprint density at radius 1 is 1.31 bits per heavy atom. The molecule has 168 valence electrons. The van der Waals surface area contributed by atoms with Gasteiger partial charge in [-0.15, -0.1) is 0 Å². The van der Waals surface area contributed by atoms with Crippen LogP contribution in [0.4, 0.5) is 19.5 Å². The molecule has 32 heavy (non-hydrogen) atoms. The first-order valence-corrected chi connectivity index (χ1v) is 10.7. The molecule has 2 amide bonds. The van der Waals surface area contributed by atoms with Gasteiger partial charge in [-0.1, -0.05) is 12.1 Å². The summed E-state index contributed by atoms with van der Waals surface area (Å²) in [5.41, 5.74) is 1.63. The summed E-state index contributed by atoms with van der Waals surface area (Å²) in [7, 11) is 1.73. The van der Waals surface area contributed by atoms with E-state index in [-0.39, 0.29) is 36.6 Å². The first kappa shape index (κ1) is 19.7. The topological polar surface area (TPSA) is 90.8 Å². The number of nitrogens with one attached hydrogen (secondary N) is 1. The van der Waals surface area contributed by atoms with Crippen molar-refractivity contribution < 1.29 is 23.4 Å². The number of aromatic nitrogens is 2. The van der Waals surface area contributed by atoms with Gasteiger partial charge in [0.15, 0.2) is 0 Å². The fourth-order valence-corrected chi connectivity index (χ4v) is 5.15. The Morgan fingerprint density at radius 2 is 2.12 bits per heavy atom. The number of nitrogens with zero attached hydrogens (tertiary/aromatic N) is 4. The molecule has 8 nitrogen and oxygen atoms in total. The number of hydrogen-bond donors (Lipinski definition) is 2. The second-order valence-corrected chi connectivity index (χ2v) is 9.23. The van der Waals surface area contributed by atoms with Crippen molar-refractivity contribution in [2.24, 2.45) is 0 Å². The molecule has 0 bridgehead atoms. The normalized spacial score (nSPS) is 29.6. The number of benzene rings is 1. The molecule has 1 aromatic carbocycles. The van der Waals surface area contributed by atoms with Gasteiger partial charge in [0.25, 0.3) is 5.92 Å². The van der Waals surface area contributed by atoms with Crippen LogP contribution in [0.3, 0.4) is 0 Å². The van der Waals surface area contributed by atoms with E-state index in [2.05, 4.69) is 15.3 Å². The second-order valence-electron chi connectivity index (χ2n) is 9.23. The lowest BCUT2D eigenvalue weighted by Crippen LogP contribution is -2.59. The maximum Gasteiger partial charge on any atom is 0.318 e. The number of carbonyl (C=O) groups excluding carboxylic acids is 1. The number of aliphatic hydroxyl groups is 1. The number of anilines is 1. The van der Waals surface area contributed by atoms with Crippen molar-refractivity contribution >= 4 is 12.0 Å². The minimum absolute atomic E-state index is 0.156. The van der Waals surface area contributed by atoms with Gasteiger partial charge in [-0.3, -0.25) is 0 Å². The van der Waals surface area contributed by atoms with E-state index >= 15 is 0 Å². The molecule has 0 unspecified atom stereocenters. The number of likely N-dealkylation sites (N-methyl/N-ethyl adjacent to an activating group) is 1. The van der Waals surface area contributed by atoms with Gasteiger partial charge >= 0.3 is 6.03 Å². The number of halogens is 2. The third-order valence-corrected chi connectivity index (χ3v) is 7.16. The number of fused-ring (bicyclic) bond motifs is 3. The summed E-state index contributed by atoms with van der Waals surface area (Å²) < 4.78 is 35.2. The molecule has 3 atom stereocenters. The summed E-state index contributed by atoms with van der Waals surface area (Å²) in [5, 5.41) is 12.9. The molecule has 1 spiro atoms. The van der Waals surface area contributed by atoms with Crippen molar-refractivity contribution in [1.82, 2.24) is 20.2 Å². The summed E-state index contributed by atoms with van der Waals surface area (Å²) in [4.78, 5) is 24.3. The average Bonchev–Trinajstić information content (AvgIpc) is 3.38. The lowest BCUT2D eigenvalue weighted by atomic mass is 9.91. The molecule has 4 heterocycles. The number of alkyl halides is 2. The van der Waals surface area contributed by atoms with Crippen LogP contribution < -0.4 is 15.0 Å². The number of urea groups is 1. The summed E-state index contributed by atoms with van der Waals surface area (Å²) in [6.45, 7) is 2.94. The van der Waals surface area contributed by atoms with Crippen LogP contribution in [0.5, 0.6) is 5.75 Å². The van der Waals surface area contributed by atoms with Crippen LogP contribution >= 0.6 is 0 Å². The van der Waals surface area contributed by atoms with E-state index in [9.17, 15) is 18.7 Å². The van der Waals surface area contributed by atoms with Crippen molar-refractivity contribution in [2.75, 3.05) is 31.6 Å². The van der Waals surface area contributed by atoms with Crippen LogP contribution in [0.2, 0.25) is 0 Å². The third-order valence-electron chi connectivity index (χ3n) is 7.16. The van der Waals surface area contributed by atoms with Crippen LogP contribution in [0.25, 0.3) is 11.3 Å². The van der Waals surface area contributed by atoms with Crippen LogP contribution in [-0.4, -0.2) is 64.9 Å². The molecule has 6 rings (SSSR count). The van der Waals surface area contributed by atoms with Crippen molar-refractivity contribution in [2.45, 2.75) is 43.4 Å². The second kappa shape index (κ2) is 6.28. The lowest BCUT2D eigenvalue weighted by molar-refractivity contribution is -0.00603. The minimum atomic E-state index is -3.01. The highest BCUT2D eigenvalue weighted by atomic mass is 19.3. The Morgan fingerprint density at radius 3 is 2.81 bits per heavy atom. The van der Waals surface area contributed by atoms with Gasteiger partial charge in [-0.2, -0.15) is 8.78 Å². The molecular weight excluding hydrogens is 420 g/mol. The molecule has 1 aromatic heterocycles. The monoisotopic (exact) mass is 443 g/mol. The van der Waals surface area contributed by atoms with Gasteiger partial charge in [0.05, 0.1) is 24.4 Å². The Bertz CT molecular complexity index is 1160. The summed E-state index contributed by atoms with van der Waals surface area (Å²) in [6.07, 6.45) is -0.631. The molecule has 2 aromatic rings. The molecule has 10 heteroatoms. The first-order chi connectivity index (χ1) is 15.2. The zero-order valence-electron chi connectivity index (χ0n) is 17.7. The average molecular weight is 443 g/mol. The standard InChI is InChI=1S/C22H23F2N5O3/c1-11-15(30)8-29(11)19-25-17(13-5-6-22(23,24)18(13)26-19)12-3-4-14-16(7-12)32-10-21(14)9-28(2)20(31)27-21/h3-4,7,11,15,30H,5-6,8-10H2,1-2H3,(H,27,31)/t11-,15+,21+/m0/s1. The van der Waals surface area contributed by atoms with E-state index in [4.69, 9.17) is 4.74 Å². The predicted molar refractivity (Wildman–Crippen MR) is 111 cm³/mol. The van der Waals surface area contributed by atoms with E-state index in [1.54, 1.807) is 16.8 Å². The predicted octanol–water partition coefficient (Wildman–Crippen LogP) is 1.99. The SMILES string of the molecule is C[C@H]1[C@H](O)CN1c1nc(-c2ccc3c(c2)OC[C@]32CN(C)C(=O)N2)c2c(n1)C(F)(F)CC2. The number of aliphatic hydroxyl groups excluding tert-OH is 1. The molecule has 4 aliphatic rings. The first-order valence-electron chi connectivity index (χ1n) is 10.7. The zero-order valence-corrected chi connectivity index (χ0v) is 17.7. The number of amides is 2. The lowest BCUT2D eigenvalue weighted by Gasteiger charge is -2.43. The van der Waals surface area contributed by atoms with Gasteiger partial charge in [0.2, 0.25) is 5.95 Å². The number of rotatable bonds is 2. The van der Waals surface area contributed by atoms with Gasteiger partial charge < -0.3 is 25.0 Å². The van der Waals surface area contributed by atoms with Crippen LogP contribution in [-0.2, 0) is 17.9 Å². The van der Waals surface area contributed by atoms with Crippen molar-refractivity contribution in [3.8, 4) is 17.0 Å². The van der Waals surface area contributed by atoms with Crippen LogP contribution in [0.1, 0.15) is 30.2 Å². The molecule has 0 radical (unpaired) electrons. The highest BCUT2D eigenvalue weighted by Gasteiger charge is 2.49. The molecule has 0 saturated carbocycles. The van der Waals surface area contributed by atoms with Gasteiger partial charge in [-0.05, 0) is 19.4 Å². The number of hydrogen-bond acceptors (Lipinski definition) is 6. The highest BCUT2D eigenvalue weighted by molar-refractivity contribution is 5.79. The van der Waals surface area contributed by atoms with Crippen molar-refractivity contribution in [3.63, 3.8) is 0 Å². The number of carbonyl (C=O) groups is 1. The van der Waals surface area contributed by atoms with Crippen molar-refractivity contribution in [3.05, 3.63) is 35.0 Å². The molecule has 3 aliphatic heterocycles. The fourth-order valence-electron chi connectivity index (χ4n) is 5.15. The summed E-state index contributed by atoms with van der Waals surface area (Å²) in [5.74, 6) is -2.19. The molecule has 2 fully saturated rings. The Labute approximate surface area is 183 Å². The van der Waals surface area contributed by atoms with E-state index in [1.807, 2.05) is 25.1 Å². The van der Waals surface area contributed by atoms with E-state index in [0.717, 1.165) is 5.56 Å². The van der Waals surface area contributed by atoms with E-state index < -0.39 is 17.6 Å². The maximum atomic E-state index is 14.6. The third kappa shape index (κ3) is 2.58. The highest BCUT2D eigenvalue weighted by Crippen LogP contribution is 2.47. The number of ether oxygens (including phenoxy) is 1. The van der Waals surface area contributed by atoms with E-state index in [1.165, 1.54) is 0 Å². The molecule has 2 N–H and O–H groups in total. The fraction of sp³-hybridized carbons (Fsp3) is 0.500. The van der Waals surface area contributed by atoms with Crippen LogP contribution in [0, 0.1) is 0 Å². The van der Waals surface area contributed by atoms with Gasteiger partial charge in [-0.25, -0.2) is 14.8 Å². The Balaban J connectivity index is 1.44. The largest absolute Gasteiger partial charge is 0.490 e. The molecule has 1 aliphatic carbocycles. The van der Waals surface area contributed by atoms with Gasteiger partial charge in [0.1, 0.15) is 23.6 Å². The molecular formula is C22H23F2N5O3.